The third-order valence-corrected chi connectivity index (χ3v) is 2.95. The third kappa shape index (κ3) is 1.74. The Morgan fingerprint density at radius 2 is 2.40 bits per heavy atom. The van der Waals surface area contributed by atoms with Crippen LogP contribution in [0.25, 0.3) is 0 Å². The molecule has 0 aliphatic carbocycles. The van der Waals surface area contributed by atoms with Gasteiger partial charge in [0, 0.05) is 31.7 Å². The number of aryl methyl sites for hydroxylation is 2. The number of hydrogen-bond donors (Lipinski definition) is 2. The van der Waals surface area contributed by atoms with Crippen LogP contribution in [-0.2, 0) is 11.8 Å². The molecule has 1 fully saturated rings. The first kappa shape index (κ1) is 10.2. The Hall–Kier alpha value is -1.36. The Kier molecular flexibility index (Phi) is 2.48. The fourth-order valence-corrected chi connectivity index (χ4v) is 2.23. The summed E-state index contributed by atoms with van der Waals surface area (Å²) in [6.45, 7) is 3.18. The van der Waals surface area contributed by atoms with Crippen molar-refractivity contribution in [2.45, 2.75) is 12.8 Å². The molecule has 0 amide bonds. The van der Waals surface area contributed by atoms with E-state index in [0.717, 1.165) is 17.9 Å². The zero-order valence-corrected chi connectivity index (χ0v) is 8.90. The lowest BCUT2D eigenvalue weighted by molar-refractivity contribution is -0.141. The monoisotopic (exact) mass is 209 g/mol. The summed E-state index contributed by atoms with van der Waals surface area (Å²) in [5.41, 5.74) is 1.94. The Morgan fingerprint density at radius 3 is 2.93 bits per heavy atom. The highest BCUT2D eigenvalue weighted by Gasteiger charge is 2.35. The zero-order chi connectivity index (χ0) is 11.0. The maximum atomic E-state index is 11.0. The van der Waals surface area contributed by atoms with E-state index in [1.807, 2.05) is 20.0 Å². The van der Waals surface area contributed by atoms with Crippen molar-refractivity contribution in [3.63, 3.8) is 0 Å². The summed E-state index contributed by atoms with van der Waals surface area (Å²) in [6.07, 6.45) is 0. The molecule has 0 radical (unpaired) electrons. The van der Waals surface area contributed by atoms with Gasteiger partial charge in [-0.25, -0.2) is 0 Å². The molecule has 5 heteroatoms. The molecule has 0 spiro atoms. The summed E-state index contributed by atoms with van der Waals surface area (Å²) in [7, 11) is 1.86. The molecular formula is C10H15N3O2. The van der Waals surface area contributed by atoms with E-state index in [-0.39, 0.29) is 11.8 Å². The van der Waals surface area contributed by atoms with Gasteiger partial charge in [0.15, 0.2) is 0 Å². The molecule has 2 N–H and O–H groups in total. The van der Waals surface area contributed by atoms with Crippen LogP contribution in [0.5, 0.6) is 0 Å². The molecule has 1 aromatic heterocycles. The van der Waals surface area contributed by atoms with Crippen molar-refractivity contribution in [1.82, 2.24) is 15.1 Å². The van der Waals surface area contributed by atoms with E-state index in [1.54, 1.807) is 4.68 Å². The van der Waals surface area contributed by atoms with E-state index in [1.165, 1.54) is 0 Å². The van der Waals surface area contributed by atoms with Crippen LogP contribution in [0.15, 0.2) is 6.07 Å². The summed E-state index contributed by atoms with van der Waals surface area (Å²) in [5, 5.41) is 16.4. The van der Waals surface area contributed by atoms with Crippen LogP contribution in [0.1, 0.15) is 17.3 Å². The van der Waals surface area contributed by atoms with Crippen molar-refractivity contribution >= 4 is 5.97 Å². The molecule has 1 aromatic rings. The number of carboxylic acid groups (broad SMARTS) is 1. The highest BCUT2D eigenvalue weighted by Crippen LogP contribution is 2.28. The number of hydrogen-bond acceptors (Lipinski definition) is 3. The third-order valence-electron chi connectivity index (χ3n) is 2.95. The van der Waals surface area contributed by atoms with Crippen LogP contribution in [0.4, 0.5) is 0 Å². The Morgan fingerprint density at radius 1 is 1.67 bits per heavy atom. The molecular weight excluding hydrogens is 194 g/mol. The number of rotatable bonds is 2. The van der Waals surface area contributed by atoms with E-state index in [2.05, 4.69) is 10.4 Å². The SMILES string of the molecule is Cc1cc(C2CNCC2C(=O)O)n(C)n1. The summed E-state index contributed by atoms with van der Waals surface area (Å²) >= 11 is 0. The maximum Gasteiger partial charge on any atom is 0.308 e. The number of aliphatic carboxylic acids is 1. The molecule has 0 saturated carbocycles. The van der Waals surface area contributed by atoms with Gasteiger partial charge in [0.25, 0.3) is 0 Å². The molecule has 2 rings (SSSR count). The van der Waals surface area contributed by atoms with Crippen molar-refractivity contribution in [3.8, 4) is 0 Å². The van der Waals surface area contributed by atoms with Crippen molar-refractivity contribution in [3.05, 3.63) is 17.5 Å². The first-order chi connectivity index (χ1) is 7.09. The zero-order valence-electron chi connectivity index (χ0n) is 8.90. The molecule has 5 nitrogen and oxygen atoms in total. The van der Waals surface area contributed by atoms with E-state index in [9.17, 15) is 4.79 Å². The number of carbonyl (C=O) groups is 1. The minimum absolute atomic E-state index is 0.0358. The minimum atomic E-state index is -0.733. The van der Waals surface area contributed by atoms with Crippen LogP contribution < -0.4 is 5.32 Å². The van der Waals surface area contributed by atoms with Crippen LogP contribution in [0, 0.1) is 12.8 Å². The molecule has 2 unspecified atom stereocenters. The fourth-order valence-electron chi connectivity index (χ4n) is 2.23. The lowest BCUT2D eigenvalue weighted by atomic mass is 9.93. The van der Waals surface area contributed by atoms with Crippen LogP contribution in [0.2, 0.25) is 0 Å². The molecule has 2 atom stereocenters. The standard InChI is InChI=1S/C10H15N3O2/c1-6-3-9(13(2)12-6)7-4-11-5-8(7)10(14)15/h3,7-8,11H,4-5H2,1-2H3,(H,14,15). The first-order valence-electron chi connectivity index (χ1n) is 5.03. The normalized spacial score (nSPS) is 25.7. The van der Waals surface area contributed by atoms with E-state index < -0.39 is 5.97 Å². The number of carboxylic acids is 1. The average molecular weight is 209 g/mol. The second-order valence-electron chi connectivity index (χ2n) is 4.04. The number of nitrogens with one attached hydrogen (secondary N) is 1. The summed E-state index contributed by atoms with van der Waals surface area (Å²) < 4.78 is 1.78. The van der Waals surface area contributed by atoms with Crippen LogP contribution in [-0.4, -0.2) is 33.9 Å². The molecule has 2 heterocycles. The molecule has 1 aliphatic rings. The Balaban J connectivity index is 2.30. The quantitative estimate of drug-likeness (QED) is 0.725. The van der Waals surface area contributed by atoms with Crippen molar-refractivity contribution in [2.24, 2.45) is 13.0 Å². The van der Waals surface area contributed by atoms with Gasteiger partial charge >= 0.3 is 5.97 Å². The average Bonchev–Trinajstić information content (AvgIpc) is 2.71. The van der Waals surface area contributed by atoms with Gasteiger partial charge in [0.2, 0.25) is 0 Å². The van der Waals surface area contributed by atoms with Gasteiger partial charge < -0.3 is 10.4 Å². The van der Waals surface area contributed by atoms with Crippen molar-refractivity contribution < 1.29 is 9.90 Å². The van der Waals surface area contributed by atoms with Gasteiger partial charge in [-0.05, 0) is 13.0 Å². The fraction of sp³-hybridized carbons (Fsp3) is 0.600. The van der Waals surface area contributed by atoms with Crippen molar-refractivity contribution in [1.29, 1.82) is 0 Å². The second kappa shape index (κ2) is 3.66. The number of aromatic nitrogens is 2. The summed E-state index contributed by atoms with van der Waals surface area (Å²) in [6, 6.07) is 1.97. The second-order valence-corrected chi connectivity index (χ2v) is 4.04. The Labute approximate surface area is 88.1 Å². The highest BCUT2D eigenvalue weighted by atomic mass is 16.4. The molecule has 15 heavy (non-hydrogen) atoms. The van der Waals surface area contributed by atoms with E-state index in [0.29, 0.717) is 6.54 Å². The molecule has 0 bridgehead atoms. The molecule has 0 aromatic carbocycles. The lowest BCUT2D eigenvalue weighted by Gasteiger charge is -2.14. The largest absolute Gasteiger partial charge is 0.481 e. The van der Waals surface area contributed by atoms with Gasteiger partial charge in [0.1, 0.15) is 0 Å². The van der Waals surface area contributed by atoms with E-state index in [4.69, 9.17) is 5.11 Å². The Bertz CT molecular complexity index is 386. The summed E-state index contributed by atoms with van der Waals surface area (Å²) in [4.78, 5) is 11.0. The van der Waals surface area contributed by atoms with Crippen LogP contribution >= 0.6 is 0 Å². The predicted octanol–water partition coefficient (Wildman–Crippen LogP) is 0.116. The predicted molar refractivity (Wildman–Crippen MR) is 54.7 cm³/mol. The van der Waals surface area contributed by atoms with Crippen molar-refractivity contribution in [2.75, 3.05) is 13.1 Å². The molecule has 1 aliphatic heterocycles. The smallest absolute Gasteiger partial charge is 0.308 e. The lowest BCUT2D eigenvalue weighted by Crippen LogP contribution is -2.22. The summed E-state index contributed by atoms with van der Waals surface area (Å²) in [5.74, 6) is -1.03. The topological polar surface area (TPSA) is 67.2 Å². The molecule has 82 valence electrons. The van der Waals surface area contributed by atoms with Gasteiger partial charge in [-0.15, -0.1) is 0 Å². The van der Waals surface area contributed by atoms with Gasteiger partial charge in [-0.2, -0.15) is 5.10 Å². The van der Waals surface area contributed by atoms with Gasteiger partial charge in [-0.1, -0.05) is 0 Å². The number of nitrogens with zero attached hydrogens (tertiary/aromatic N) is 2. The maximum absolute atomic E-state index is 11.0. The first-order valence-corrected chi connectivity index (χ1v) is 5.03. The minimum Gasteiger partial charge on any atom is -0.481 e. The molecule has 1 saturated heterocycles. The highest BCUT2D eigenvalue weighted by molar-refractivity contribution is 5.72. The van der Waals surface area contributed by atoms with Gasteiger partial charge in [-0.3, -0.25) is 9.48 Å². The van der Waals surface area contributed by atoms with Crippen LogP contribution in [0.3, 0.4) is 0 Å². The van der Waals surface area contributed by atoms with Gasteiger partial charge in [0.05, 0.1) is 11.6 Å². The van der Waals surface area contributed by atoms with E-state index >= 15 is 0 Å².